The summed E-state index contributed by atoms with van der Waals surface area (Å²) in [5.74, 6) is 3.29. The number of allylic oxidation sites excluding steroid dienone is 2. The van der Waals surface area contributed by atoms with Crippen molar-refractivity contribution in [2.75, 3.05) is 6.61 Å². The lowest BCUT2D eigenvalue weighted by molar-refractivity contribution is -0.205. The first-order chi connectivity index (χ1) is 14.9. The molecule has 2 N–H and O–H groups in total. The normalized spacial score (nSPS) is 56.8. The molecule has 4 saturated carbocycles. The van der Waals surface area contributed by atoms with Crippen LogP contribution in [0.25, 0.3) is 0 Å². The minimum absolute atomic E-state index is 0.0190. The molecule has 5 aliphatic carbocycles. The van der Waals surface area contributed by atoms with Crippen molar-refractivity contribution in [3.63, 3.8) is 0 Å². The van der Waals surface area contributed by atoms with Gasteiger partial charge in [-0.1, -0.05) is 60.1 Å². The predicted molar refractivity (Wildman–Crippen MR) is 132 cm³/mol. The van der Waals surface area contributed by atoms with E-state index in [1.54, 1.807) is 5.57 Å². The van der Waals surface area contributed by atoms with Gasteiger partial charge in [0, 0.05) is 12.0 Å². The molecule has 5 aliphatic rings. The Morgan fingerprint density at radius 3 is 2.28 bits per heavy atom. The summed E-state index contributed by atoms with van der Waals surface area (Å²) < 4.78 is 0. The Morgan fingerprint density at radius 1 is 0.875 bits per heavy atom. The van der Waals surface area contributed by atoms with Gasteiger partial charge in [0.05, 0.1) is 6.10 Å². The van der Waals surface area contributed by atoms with Crippen molar-refractivity contribution in [1.29, 1.82) is 0 Å². The molecule has 182 valence electrons. The van der Waals surface area contributed by atoms with Gasteiger partial charge in [-0.15, -0.1) is 0 Å². The minimum atomic E-state index is -0.153. The topological polar surface area (TPSA) is 40.5 Å². The molecule has 0 aromatic carbocycles. The van der Waals surface area contributed by atoms with Gasteiger partial charge in [-0.3, -0.25) is 0 Å². The Kier molecular flexibility index (Phi) is 5.19. The van der Waals surface area contributed by atoms with Crippen LogP contribution in [0.3, 0.4) is 0 Å². The average Bonchev–Trinajstić information content (AvgIpc) is 2.74. The fourth-order valence-corrected chi connectivity index (χ4v) is 10.9. The Bertz CT molecular complexity index is 799. The van der Waals surface area contributed by atoms with Gasteiger partial charge in [0.15, 0.2) is 0 Å². The zero-order valence-electron chi connectivity index (χ0n) is 22.0. The van der Waals surface area contributed by atoms with Gasteiger partial charge < -0.3 is 10.2 Å². The summed E-state index contributed by atoms with van der Waals surface area (Å²) >= 11 is 0. The van der Waals surface area contributed by atoms with Gasteiger partial charge in [-0.25, -0.2) is 0 Å². The minimum Gasteiger partial charge on any atom is -0.396 e. The molecule has 0 aliphatic heterocycles. The highest BCUT2D eigenvalue weighted by atomic mass is 16.3. The van der Waals surface area contributed by atoms with Crippen LogP contribution in [0.2, 0.25) is 0 Å². The summed E-state index contributed by atoms with van der Waals surface area (Å²) in [6, 6.07) is 0. The van der Waals surface area contributed by atoms with Crippen LogP contribution in [-0.4, -0.2) is 22.9 Å². The monoisotopic (exact) mass is 442 g/mol. The van der Waals surface area contributed by atoms with Crippen LogP contribution in [0.1, 0.15) is 106 Å². The molecule has 0 aromatic rings. The lowest BCUT2D eigenvalue weighted by Crippen LogP contribution is -2.65. The molecule has 0 amide bonds. The average molecular weight is 443 g/mol. The number of fused-ring (bicyclic) bond motifs is 7. The maximum atomic E-state index is 10.9. The number of aliphatic hydroxyl groups excluding tert-OH is 2. The van der Waals surface area contributed by atoms with E-state index in [4.69, 9.17) is 0 Å². The number of rotatable bonds is 1. The first-order valence-electron chi connectivity index (χ1n) is 13.9. The lowest BCUT2D eigenvalue weighted by atomic mass is 9.33. The highest BCUT2D eigenvalue weighted by molar-refractivity contribution is 5.34. The van der Waals surface area contributed by atoms with E-state index in [2.05, 4.69) is 54.5 Å². The van der Waals surface area contributed by atoms with Gasteiger partial charge in [0.2, 0.25) is 0 Å². The molecule has 5 rings (SSSR count). The third-order valence-corrected chi connectivity index (χ3v) is 13.5. The number of hydrogen-bond donors (Lipinski definition) is 2. The molecule has 2 nitrogen and oxygen atoms in total. The fraction of sp³-hybridized carbons (Fsp3) is 0.933. The van der Waals surface area contributed by atoms with Crippen LogP contribution in [0.4, 0.5) is 0 Å². The van der Waals surface area contributed by atoms with Crippen molar-refractivity contribution in [2.45, 2.75) is 112 Å². The van der Waals surface area contributed by atoms with Gasteiger partial charge in [0.1, 0.15) is 0 Å². The number of hydrogen-bond acceptors (Lipinski definition) is 2. The molecule has 0 spiro atoms. The Hall–Kier alpha value is -0.340. The summed E-state index contributed by atoms with van der Waals surface area (Å²) in [6.45, 7) is 17.9. The molecule has 0 saturated heterocycles. The van der Waals surface area contributed by atoms with E-state index in [1.807, 2.05) is 0 Å². The first kappa shape index (κ1) is 23.4. The fourth-order valence-electron chi connectivity index (χ4n) is 10.9. The second-order valence-corrected chi connectivity index (χ2v) is 14.5. The Balaban J connectivity index is 1.59. The molecule has 4 fully saturated rings. The molecule has 0 radical (unpaired) electrons. The van der Waals surface area contributed by atoms with E-state index in [0.717, 1.165) is 12.3 Å². The summed E-state index contributed by atoms with van der Waals surface area (Å²) in [4.78, 5) is 0. The zero-order chi connectivity index (χ0) is 23.3. The molecule has 10 atom stereocenters. The van der Waals surface area contributed by atoms with Gasteiger partial charge >= 0.3 is 0 Å². The summed E-state index contributed by atoms with van der Waals surface area (Å²) in [6.07, 6.45) is 13.4. The SMILES string of the molecule is C[C@@H]1CC[C@]2(CO)CC[C@]3(C)C(=CCC4[C@@]5(C)CC[C@H](O)C(C)(C)C5CC[C@]43C)C2[C@H]1C. The second-order valence-electron chi connectivity index (χ2n) is 14.5. The smallest absolute Gasteiger partial charge is 0.0594 e. The summed E-state index contributed by atoms with van der Waals surface area (Å²) in [7, 11) is 0. The molecular formula is C30H50O2. The van der Waals surface area contributed by atoms with Gasteiger partial charge in [0.25, 0.3) is 0 Å². The predicted octanol–water partition coefficient (Wildman–Crippen LogP) is 7.00. The van der Waals surface area contributed by atoms with Crippen molar-refractivity contribution >= 4 is 0 Å². The Labute approximate surface area is 197 Å². The molecule has 0 heterocycles. The molecule has 0 bridgehead atoms. The van der Waals surface area contributed by atoms with Crippen LogP contribution in [-0.2, 0) is 0 Å². The van der Waals surface area contributed by atoms with E-state index in [-0.39, 0.29) is 22.3 Å². The van der Waals surface area contributed by atoms with Crippen molar-refractivity contribution < 1.29 is 10.2 Å². The summed E-state index contributed by atoms with van der Waals surface area (Å²) in [5.41, 5.74) is 2.77. The molecule has 32 heavy (non-hydrogen) atoms. The third-order valence-electron chi connectivity index (χ3n) is 13.5. The molecular weight excluding hydrogens is 392 g/mol. The molecule has 0 aromatic heterocycles. The largest absolute Gasteiger partial charge is 0.396 e. The maximum Gasteiger partial charge on any atom is 0.0594 e. The van der Waals surface area contributed by atoms with E-state index < -0.39 is 0 Å². The van der Waals surface area contributed by atoms with Crippen molar-refractivity contribution in [2.24, 2.45) is 56.7 Å². The highest BCUT2D eigenvalue weighted by Gasteiger charge is 2.68. The second kappa shape index (κ2) is 7.09. The zero-order valence-corrected chi connectivity index (χ0v) is 22.0. The highest BCUT2D eigenvalue weighted by Crippen LogP contribution is 2.75. The van der Waals surface area contributed by atoms with Crippen LogP contribution >= 0.6 is 0 Å². The van der Waals surface area contributed by atoms with Crippen LogP contribution in [0.15, 0.2) is 11.6 Å². The van der Waals surface area contributed by atoms with Crippen molar-refractivity contribution in [3.8, 4) is 0 Å². The third kappa shape index (κ3) is 2.66. The first-order valence-corrected chi connectivity index (χ1v) is 13.9. The van der Waals surface area contributed by atoms with E-state index in [1.165, 1.54) is 51.4 Å². The van der Waals surface area contributed by atoms with Crippen LogP contribution in [0.5, 0.6) is 0 Å². The van der Waals surface area contributed by atoms with Crippen molar-refractivity contribution in [3.05, 3.63) is 11.6 Å². The number of aliphatic hydroxyl groups is 2. The molecule has 2 heteroatoms. The van der Waals surface area contributed by atoms with Crippen LogP contribution < -0.4 is 0 Å². The van der Waals surface area contributed by atoms with E-state index in [9.17, 15) is 10.2 Å². The standard InChI is InChI=1S/C30H50O2/c1-19-10-15-30(18-31)17-16-28(6)21(25(30)20(19)2)8-9-23-27(5)13-12-24(32)26(3,4)22(27)11-14-29(23,28)7/h8,19-20,22-25,31-32H,9-18H2,1-7H3/t19-,20+,22?,23?,24+,25?,27+,28-,29-,30-/m1/s1. The Morgan fingerprint density at radius 2 is 1.59 bits per heavy atom. The van der Waals surface area contributed by atoms with Gasteiger partial charge in [-0.2, -0.15) is 0 Å². The maximum absolute atomic E-state index is 10.9. The van der Waals surface area contributed by atoms with Crippen LogP contribution in [0, 0.1) is 56.7 Å². The lowest BCUT2D eigenvalue weighted by Gasteiger charge is -2.71. The quantitative estimate of drug-likeness (QED) is 0.429. The van der Waals surface area contributed by atoms with Crippen molar-refractivity contribution in [1.82, 2.24) is 0 Å². The van der Waals surface area contributed by atoms with E-state index >= 15 is 0 Å². The summed E-state index contributed by atoms with van der Waals surface area (Å²) in [5, 5.41) is 21.6. The molecule has 3 unspecified atom stereocenters. The van der Waals surface area contributed by atoms with Gasteiger partial charge in [-0.05, 0) is 109 Å². The van der Waals surface area contributed by atoms with E-state index in [0.29, 0.717) is 41.1 Å².